The highest BCUT2D eigenvalue weighted by Crippen LogP contribution is 2.13. The predicted octanol–water partition coefficient (Wildman–Crippen LogP) is 11.0. The lowest BCUT2D eigenvalue weighted by Crippen LogP contribution is -2.41. The maximum absolute atomic E-state index is 13.0. The molecule has 0 radical (unpaired) electrons. The molecule has 0 saturated heterocycles. The fraction of sp³-hybridized carbons (Fsp3) is 0.850. The quantitative estimate of drug-likeness (QED) is 0.0539. The van der Waals surface area contributed by atoms with Crippen LogP contribution in [0.1, 0.15) is 194 Å². The third-order valence-electron chi connectivity index (χ3n) is 8.74. The van der Waals surface area contributed by atoms with Gasteiger partial charge in [0.2, 0.25) is 11.8 Å². The lowest BCUT2D eigenvalue weighted by molar-refractivity contribution is -0.145. The van der Waals surface area contributed by atoms with E-state index in [9.17, 15) is 9.59 Å². The van der Waals surface area contributed by atoms with Gasteiger partial charge in [0.1, 0.15) is 0 Å². The second kappa shape index (κ2) is 37.0. The molecular formula is C40H77N3O2. The first-order valence-electron chi connectivity index (χ1n) is 19.7. The van der Waals surface area contributed by atoms with Crippen LogP contribution in [0.25, 0.3) is 0 Å². The highest BCUT2D eigenvalue weighted by Gasteiger charge is 2.20. The lowest BCUT2D eigenvalue weighted by Gasteiger charge is -2.21. The van der Waals surface area contributed by atoms with E-state index in [0.29, 0.717) is 39.0 Å². The van der Waals surface area contributed by atoms with Gasteiger partial charge >= 0.3 is 0 Å². The smallest absolute Gasteiger partial charge is 0.229 e. The molecule has 0 heterocycles. The monoisotopic (exact) mass is 632 g/mol. The summed E-state index contributed by atoms with van der Waals surface area (Å²) in [4.78, 5) is 27.5. The molecule has 2 amide bonds. The van der Waals surface area contributed by atoms with Crippen molar-refractivity contribution < 1.29 is 9.59 Å². The van der Waals surface area contributed by atoms with Gasteiger partial charge in [0.15, 0.2) is 0 Å². The predicted molar refractivity (Wildman–Crippen MR) is 198 cm³/mol. The first-order valence-corrected chi connectivity index (χ1v) is 19.7. The van der Waals surface area contributed by atoms with Gasteiger partial charge in [-0.05, 0) is 64.2 Å². The second-order valence-corrected chi connectivity index (χ2v) is 13.1. The molecule has 0 saturated carbocycles. The number of rotatable bonds is 35. The van der Waals surface area contributed by atoms with E-state index >= 15 is 0 Å². The Morgan fingerprint density at radius 3 is 1.18 bits per heavy atom. The van der Waals surface area contributed by atoms with Crippen LogP contribution in [0.3, 0.4) is 0 Å². The molecule has 5 nitrogen and oxygen atoms in total. The first kappa shape index (κ1) is 43.5. The normalized spacial score (nSPS) is 11.7. The molecule has 0 rings (SSSR count). The molecular weight excluding hydrogens is 554 g/mol. The molecule has 0 aromatic carbocycles. The number of unbranched alkanes of at least 4 members (excludes halogenated alkanes) is 22. The van der Waals surface area contributed by atoms with Crippen LogP contribution in [0, 0.1) is 0 Å². The molecule has 0 atom stereocenters. The van der Waals surface area contributed by atoms with E-state index in [-0.39, 0.29) is 11.8 Å². The maximum atomic E-state index is 13.0. The number of carbonyl (C=O) groups is 2. The summed E-state index contributed by atoms with van der Waals surface area (Å²) in [5.41, 5.74) is 5.59. The summed E-state index contributed by atoms with van der Waals surface area (Å²) < 4.78 is 0. The van der Waals surface area contributed by atoms with E-state index in [1.54, 1.807) is 0 Å². The maximum Gasteiger partial charge on any atom is 0.229 e. The summed E-state index contributed by atoms with van der Waals surface area (Å²) in [7, 11) is 0. The van der Waals surface area contributed by atoms with Crippen molar-refractivity contribution in [3.05, 3.63) is 24.3 Å². The van der Waals surface area contributed by atoms with E-state index in [1.807, 2.05) is 0 Å². The molecule has 0 aromatic rings. The summed E-state index contributed by atoms with van der Waals surface area (Å²) in [6.07, 6.45) is 42.7. The minimum absolute atomic E-state index is 0.0000718. The Bertz CT molecular complexity index is 639. The molecule has 0 aliphatic heterocycles. The van der Waals surface area contributed by atoms with E-state index in [2.05, 4.69) is 43.5 Å². The first-order chi connectivity index (χ1) is 22.2. The average Bonchev–Trinajstić information content (AvgIpc) is 3.04. The Morgan fingerprint density at radius 2 is 0.822 bits per heavy atom. The Labute approximate surface area is 281 Å². The van der Waals surface area contributed by atoms with Crippen LogP contribution in [0.2, 0.25) is 0 Å². The molecule has 0 spiro atoms. The van der Waals surface area contributed by atoms with Gasteiger partial charge in [-0.1, -0.05) is 141 Å². The molecule has 264 valence electrons. The minimum Gasteiger partial charge on any atom is -0.329 e. The van der Waals surface area contributed by atoms with Crippen molar-refractivity contribution in [1.82, 2.24) is 10.2 Å². The number of nitrogens with zero attached hydrogens (tertiary/aromatic N) is 1. The Hall–Kier alpha value is -1.46. The van der Waals surface area contributed by atoms with Gasteiger partial charge < -0.3 is 11.1 Å². The van der Waals surface area contributed by atoms with Crippen LogP contribution in [0.4, 0.5) is 0 Å². The van der Waals surface area contributed by atoms with Gasteiger partial charge in [-0.15, -0.1) is 0 Å². The molecule has 3 N–H and O–H groups in total. The molecule has 0 aromatic heterocycles. The Balaban J connectivity index is 3.99. The van der Waals surface area contributed by atoms with Gasteiger partial charge in [-0.2, -0.15) is 0 Å². The van der Waals surface area contributed by atoms with Crippen LogP contribution < -0.4 is 11.1 Å². The fourth-order valence-electron chi connectivity index (χ4n) is 5.77. The molecule has 5 heteroatoms. The molecule has 0 unspecified atom stereocenters. The highest BCUT2D eigenvalue weighted by molar-refractivity contribution is 5.95. The second-order valence-electron chi connectivity index (χ2n) is 13.1. The number of nitrogens with two attached hydrogens (primary N) is 1. The summed E-state index contributed by atoms with van der Waals surface area (Å²) >= 11 is 0. The molecule has 45 heavy (non-hydrogen) atoms. The molecule has 0 aliphatic carbocycles. The standard InChI is InChI=1S/C40H77N3O2/c1-3-5-7-9-11-13-15-17-19-21-23-25-27-29-31-33-39(44)43(38-37-42-36-35-41)40(45)34-32-30-28-26-24-22-20-18-16-14-12-10-8-6-4-2/h17-20,42H,3-16,21-38,41H2,1-2H3/b19-17-,20-18-. The van der Waals surface area contributed by atoms with E-state index < -0.39 is 0 Å². The van der Waals surface area contributed by atoms with Gasteiger partial charge in [-0.25, -0.2) is 0 Å². The third kappa shape index (κ3) is 32.3. The van der Waals surface area contributed by atoms with Crippen LogP contribution >= 0.6 is 0 Å². The van der Waals surface area contributed by atoms with E-state index in [0.717, 1.165) is 25.7 Å². The number of hydrogen-bond donors (Lipinski definition) is 2. The summed E-state index contributed by atoms with van der Waals surface area (Å²) in [5.74, 6) is -0.000144. The molecule has 0 bridgehead atoms. The third-order valence-corrected chi connectivity index (χ3v) is 8.74. The van der Waals surface area contributed by atoms with Crippen LogP contribution in [0.5, 0.6) is 0 Å². The number of allylic oxidation sites excluding steroid dienone is 4. The minimum atomic E-state index is -0.0000718. The van der Waals surface area contributed by atoms with Gasteiger partial charge in [0.25, 0.3) is 0 Å². The highest BCUT2D eigenvalue weighted by atomic mass is 16.2. The number of nitrogens with one attached hydrogen (secondary N) is 1. The van der Waals surface area contributed by atoms with Crippen molar-refractivity contribution in [3.63, 3.8) is 0 Å². The van der Waals surface area contributed by atoms with Crippen molar-refractivity contribution in [3.8, 4) is 0 Å². The summed E-state index contributed by atoms with van der Waals surface area (Å²) in [6, 6.07) is 0. The van der Waals surface area contributed by atoms with Gasteiger partial charge in [0, 0.05) is 39.0 Å². The topological polar surface area (TPSA) is 75.4 Å². The van der Waals surface area contributed by atoms with Crippen molar-refractivity contribution in [2.45, 2.75) is 194 Å². The number of hydrogen-bond acceptors (Lipinski definition) is 4. The summed E-state index contributed by atoms with van der Waals surface area (Å²) in [5, 5.41) is 3.24. The molecule has 0 aliphatic rings. The zero-order chi connectivity index (χ0) is 32.9. The van der Waals surface area contributed by atoms with Crippen molar-refractivity contribution in [1.29, 1.82) is 0 Å². The Morgan fingerprint density at radius 1 is 0.489 bits per heavy atom. The van der Waals surface area contributed by atoms with Crippen molar-refractivity contribution >= 4 is 11.8 Å². The zero-order valence-corrected chi connectivity index (χ0v) is 30.3. The fourth-order valence-corrected chi connectivity index (χ4v) is 5.77. The van der Waals surface area contributed by atoms with Crippen LogP contribution in [-0.4, -0.2) is 42.9 Å². The van der Waals surface area contributed by atoms with E-state index in [4.69, 9.17) is 5.73 Å². The molecule has 0 fully saturated rings. The largest absolute Gasteiger partial charge is 0.329 e. The lowest BCUT2D eigenvalue weighted by atomic mass is 10.1. The number of amides is 2. The Kier molecular flexibility index (Phi) is 35.8. The van der Waals surface area contributed by atoms with E-state index in [1.165, 1.54) is 146 Å². The number of carbonyl (C=O) groups excluding carboxylic acids is 2. The average molecular weight is 632 g/mol. The van der Waals surface area contributed by atoms with Gasteiger partial charge in [-0.3, -0.25) is 14.5 Å². The summed E-state index contributed by atoms with van der Waals surface area (Å²) in [6.45, 7) is 6.88. The van der Waals surface area contributed by atoms with Gasteiger partial charge in [0.05, 0.1) is 0 Å². The number of imide groups is 1. The van der Waals surface area contributed by atoms with Crippen LogP contribution in [0.15, 0.2) is 24.3 Å². The zero-order valence-electron chi connectivity index (χ0n) is 30.3. The van der Waals surface area contributed by atoms with Crippen molar-refractivity contribution in [2.24, 2.45) is 5.73 Å². The SMILES string of the molecule is CCCCCCCC/C=C\CCCCCCCC(=O)N(CCNCCN)C(=O)CCCCCCC/C=C\CCCCCCCC. The van der Waals surface area contributed by atoms with Crippen molar-refractivity contribution in [2.75, 3.05) is 26.2 Å². The van der Waals surface area contributed by atoms with Crippen LogP contribution in [-0.2, 0) is 9.59 Å².